The van der Waals surface area contributed by atoms with Crippen LogP contribution in [0.2, 0.25) is 0 Å². The predicted octanol–water partition coefficient (Wildman–Crippen LogP) is 0.991. The highest BCUT2D eigenvalue weighted by Gasteiger charge is 1.87. The lowest BCUT2D eigenvalue weighted by molar-refractivity contribution is -0.140. The van der Waals surface area contributed by atoms with Crippen molar-refractivity contribution in [1.29, 1.82) is 0 Å². The summed E-state index contributed by atoms with van der Waals surface area (Å²) >= 11 is 0. The van der Waals surface area contributed by atoms with Gasteiger partial charge in [0.15, 0.2) is 0 Å². The summed E-state index contributed by atoms with van der Waals surface area (Å²) in [5, 5.41) is 0. The smallest absolute Gasteiger partial charge is 0.305 e. The molecule has 0 aromatic heterocycles. The molecule has 0 heterocycles. The van der Waals surface area contributed by atoms with E-state index in [0.717, 1.165) is 0 Å². The summed E-state index contributed by atoms with van der Waals surface area (Å²) in [5.41, 5.74) is 0. The van der Waals surface area contributed by atoms with Gasteiger partial charge in [0, 0.05) is 6.42 Å². The molecule has 0 aliphatic rings. The van der Waals surface area contributed by atoms with Crippen molar-refractivity contribution in [2.75, 3.05) is 7.11 Å². The molecule has 44 valence electrons. The maximum absolute atomic E-state index is 9.96. The molecule has 0 spiro atoms. The van der Waals surface area contributed by atoms with Gasteiger partial charge >= 0.3 is 5.97 Å². The largest absolute Gasteiger partial charge is 0.469 e. The molecule has 0 amide bonds. The summed E-state index contributed by atoms with van der Waals surface area (Å²) in [6.07, 6.45) is 0.469. The van der Waals surface area contributed by atoms with Crippen molar-refractivity contribution in [3.05, 3.63) is 0 Å². The number of rotatable bonds is 1. The second-order valence-corrected chi connectivity index (χ2v) is 0.930. The van der Waals surface area contributed by atoms with Gasteiger partial charge in [0.05, 0.1) is 7.11 Å². The highest BCUT2D eigenvalue weighted by atomic mass is 35.5. The van der Waals surface area contributed by atoms with Gasteiger partial charge in [0.1, 0.15) is 0 Å². The zero-order valence-electron chi connectivity index (χ0n) is 4.43. The maximum atomic E-state index is 9.96. The minimum atomic E-state index is -0.157. The number of esters is 1. The van der Waals surface area contributed by atoms with Crippen LogP contribution < -0.4 is 0 Å². The second kappa shape index (κ2) is 5.76. The molecular weight excluding hydrogens is 115 g/mol. The lowest BCUT2D eigenvalue weighted by Crippen LogP contribution is -1.94. The fourth-order valence-corrected chi connectivity index (χ4v) is 0.144. The molecule has 0 rings (SSSR count). The van der Waals surface area contributed by atoms with Crippen LogP contribution in [0.15, 0.2) is 0 Å². The van der Waals surface area contributed by atoms with E-state index >= 15 is 0 Å². The Labute approximate surface area is 49.3 Å². The monoisotopic (exact) mass is 124 g/mol. The average molecular weight is 125 g/mol. The molecule has 0 aromatic rings. The number of hydrogen-bond acceptors (Lipinski definition) is 2. The van der Waals surface area contributed by atoms with Crippen molar-refractivity contribution in [1.82, 2.24) is 0 Å². The van der Waals surface area contributed by atoms with Gasteiger partial charge < -0.3 is 4.74 Å². The quantitative estimate of drug-likeness (QED) is 0.488. The molecule has 0 bridgehead atoms. The number of hydrogen-bond donors (Lipinski definition) is 0. The number of carbonyl (C=O) groups is 1. The van der Waals surface area contributed by atoms with Crippen molar-refractivity contribution >= 4 is 18.4 Å². The van der Waals surface area contributed by atoms with Crippen LogP contribution in [0.4, 0.5) is 0 Å². The topological polar surface area (TPSA) is 26.3 Å². The first-order valence-electron chi connectivity index (χ1n) is 1.88. The molecular formula is C4H9ClO2. The molecule has 3 heteroatoms. The first-order chi connectivity index (χ1) is 2.81. The van der Waals surface area contributed by atoms with Crippen molar-refractivity contribution < 1.29 is 9.53 Å². The number of methoxy groups -OCH3 is 1. The fourth-order valence-electron chi connectivity index (χ4n) is 0.144. The maximum Gasteiger partial charge on any atom is 0.305 e. The van der Waals surface area contributed by atoms with Gasteiger partial charge in [0.2, 0.25) is 0 Å². The van der Waals surface area contributed by atoms with Crippen LogP contribution in [-0.4, -0.2) is 13.1 Å². The summed E-state index contributed by atoms with van der Waals surface area (Å²) in [6, 6.07) is 0. The van der Waals surface area contributed by atoms with E-state index in [1.54, 1.807) is 6.92 Å². The Balaban J connectivity index is 0. The predicted molar refractivity (Wildman–Crippen MR) is 29.6 cm³/mol. The van der Waals surface area contributed by atoms with E-state index < -0.39 is 0 Å². The van der Waals surface area contributed by atoms with Crippen LogP contribution in [0.1, 0.15) is 13.3 Å². The molecule has 0 N–H and O–H groups in total. The Morgan fingerprint density at radius 3 is 2.14 bits per heavy atom. The number of halogens is 1. The van der Waals surface area contributed by atoms with Gasteiger partial charge in [-0.1, -0.05) is 6.92 Å². The van der Waals surface area contributed by atoms with Gasteiger partial charge in [-0.2, -0.15) is 0 Å². The molecule has 2 nitrogen and oxygen atoms in total. The first kappa shape index (κ1) is 9.90. The van der Waals surface area contributed by atoms with Crippen molar-refractivity contribution in [3.8, 4) is 0 Å². The van der Waals surface area contributed by atoms with E-state index in [1.165, 1.54) is 7.11 Å². The third-order valence-corrected chi connectivity index (χ3v) is 0.516. The minimum Gasteiger partial charge on any atom is -0.469 e. The Kier molecular flexibility index (Phi) is 8.15. The van der Waals surface area contributed by atoms with Gasteiger partial charge in [-0.05, 0) is 0 Å². The van der Waals surface area contributed by atoms with Gasteiger partial charge in [0.25, 0.3) is 0 Å². The van der Waals surface area contributed by atoms with Crippen LogP contribution in [0.25, 0.3) is 0 Å². The highest BCUT2D eigenvalue weighted by Crippen LogP contribution is 1.76. The van der Waals surface area contributed by atoms with Gasteiger partial charge in [-0.15, -0.1) is 12.4 Å². The molecule has 0 radical (unpaired) electrons. The third kappa shape index (κ3) is 5.76. The van der Waals surface area contributed by atoms with Gasteiger partial charge in [-0.25, -0.2) is 0 Å². The summed E-state index contributed by atoms with van der Waals surface area (Å²) in [6.45, 7) is 1.76. The van der Waals surface area contributed by atoms with E-state index in [9.17, 15) is 4.79 Å². The lowest BCUT2D eigenvalue weighted by atomic mass is 10.5. The number of ether oxygens (including phenoxy) is 1. The van der Waals surface area contributed by atoms with E-state index in [0.29, 0.717) is 6.42 Å². The Morgan fingerprint density at radius 1 is 1.71 bits per heavy atom. The second-order valence-electron chi connectivity index (χ2n) is 0.930. The molecule has 0 fully saturated rings. The molecule has 0 saturated heterocycles. The molecule has 0 aromatic carbocycles. The van der Waals surface area contributed by atoms with E-state index in [-0.39, 0.29) is 18.4 Å². The van der Waals surface area contributed by atoms with Crippen LogP contribution in [0, 0.1) is 0 Å². The Morgan fingerprint density at radius 2 is 2.14 bits per heavy atom. The molecule has 0 atom stereocenters. The van der Waals surface area contributed by atoms with Crippen molar-refractivity contribution in [2.24, 2.45) is 0 Å². The Hall–Kier alpha value is -0.240. The molecule has 0 aliphatic heterocycles. The van der Waals surface area contributed by atoms with Gasteiger partial charge in [-0.3, -0.25) is 4.79 Å². The molecule has 7 heavy (non-hydrogen) atoms. The SMILES string of the molecule is CCC(=O)OC.Cl. The summed E-state index contributed by atoms with van der Waals surface area (Å²) in [5.74, 6) is -0.157. The van der Waals surface area contributed by atoms with E-state index in [2.05, 4.69) is 4.74 Å². The molecule has 0 unspecified atom stereocenters. The number of carbonyl (C=O) groups excluding carboxylic acids is 1. The average Bonchev–Trinajstić information content (AvgIpc) is 1.65. The zero-order valence-corrected chi connectivity index (χ0v) is 5.25. The molecule has 0 aliphatic carbocycles. The normalized spacial score (nSPS) is 6.57. The van der Waals surface area contributed by atoms with E-state index in [1.807, 2.05) is 0 Å². The van der Waals surface area contributed by atoms with E-state index in [4.69, 9.17) is 0 Å². The van der Waals surface area contributed by atoms with Crippen LogP contribution in [0.3, 0.4) is 0 Å². The van der Waals surface area contributed by atoms with Crippen molar-refractivity contribution in [3.63, 3.8) is 0 Å². The van der Waals surface area contributed by atoms with Crippen LogP contribution >= 0.6 is 12.4 Å². The highest BCUT2D eigenvalue weighted by molar-refractivity contribution is 5.85. The Bertz CT molecular complexity index is 47.7. The minimum absolute atomic E-state index is 0. The standard InChI is InChI=1S/C4H8O2.ClH/c1-3-4(5)6-2;/h3H2,1-2H3;1H. The molecule has 0 saturated carbocycles. The fraction of sp³-hybridized carbons (Fsp3) is 0.750. The van der Waals surface area contributed by atoms with Crippen LogP contribution in [-0.2, 0) is 9.53 Å². The third-order valence-electron chi connectivity index (χ3n) is 0.516. The summed E-state index contributed by atoms with van der Waals surface area (Å²) < 4.78 is 4.26. The first-order valence-corrected chi connectivity index (χ1v) is 1.88. The zero-order chi connectivity index (χ0) is 4.99. The van der Waals surface area contributed by atoms with Crippen LogP contribution in [0.5, 0.6) is 0 Å². The summed E-state index contributed by atoms with van der Waals surface area (Å²) in [7, 11) is 1.38. The summed E-state index contributed by atoms with van der Waals surface area (Å²) in [4.78, 5) is 9.96. The van der Waals surface area contributed by atoms with Crippen molar-refractivity contribution in [2.45, 2.75) is 13.3 Å². The lowest BCUT2D eigenvalue weighted by Gasteiger charge is -1.87.